The summed E-state index contributed by atoms with van der Waals surface area (Å²) >= 11 is 6.91. The summed E-state index contributed by atoms with van der Waals surface area (Å²) in [6, 6.07) is 10.8. The maximum absolute atomic E-state index is 12.7. The first-order chi connectivity index (χ1) is 14.5. The summed E-state index contributed by atoms with van der Waals surface area (Å²) in [5.41, 5.74) is 1.82. The maximum Gasteiger partial charge on any atom is 0.317 e. The van der Waals surface area contributed by atoms with E-state index < -0.39 is 10.0 Å². The van der Waals surface area contributed by atoms with Gasteiger partial charge in [-0.3, -0.25) is 0 Å². The van der Waals surface area contributed by atoms with Crippen LogP contribution in [0.15, 0.2) is 40.6 Å². The van der Waals surface area contributed by atoms with Crippen molar-refractivity contribution in [3.63, 3.8) is 0 Å². The Morgan fingerprint density at radius 2 is 1.81 bits per heavy atom. The lowest BCUT2D eigenvalue weighted by Crippen LogP contribution is -2.52. The minimum Gasteiger partial charge on any atom is -0.371 e. The third-order valence-corrected chi connectivity index (χ3v) is 8.37. The summed E-state index contributed by atoms with van der Waals surface area (Å²) in [4.78, 5) is 14.2. The van der Waals surface area contributed by atoms with Crippen LogP contribution in [0.4, 0.5) is 4.79 Å². The van der Waals surface area contributed by atoms with Gasteiger partial charge in [-0.05, 0) is 44.0 Å². The fraction of sp³-hybridized carbons (Fsp3) is 0.476. The molecular formula is C21H28ClN3O4S2. The van der Waals surface area contributed by atoms with Gasteiger partial charge < -0.3 is 15.0 Å². The van der Waals surface area contributed by atoms with E-state index in [1.165, 1.54) is 10.4 Å². The van der Waals surface area contributed by atoms with Crippen molar-refractivity contribution in [1.82, 2.24) is 14.5 Å². The van der Waals surface area contributed by atoms with E-state index in [-0.39, 0.29) is 28.9 Å². The highest BCUT2D eigenvalue weighted by atomic mass is 35.5. The zero-order chi connectivity index (χ0) is 22.6. The van der Waals surface area contributed by atoms with Crippen LogP contribution in [-0.4, -0.2) is 55.4 Å². The number of sulfonamides is 1. The quantitative estimate of drug-likeness (QED) is 0.672. The molecule has 0 radical (unpaired) electrons. The predicted octanol–water partition coefficient (Wildman–Crippen LogP) is 3.93. The SMILES string of the molecule is CC(C)(C)OCc1cccc(CNC(=O)N2CCN(S(=O)(=O)c3ccc(Cl)s3)CC2)c1. The van der Waals surface area contributed by atoms with E-state index in [2.05, 4.69) is 5.32 Å². The number of nitrogens with one attached hydrogen (secondary N) is 1. The highest BCUT2D eigenvalue weighted by Gasteiger charge is 2.31. The lowest BCUT2D eigenvalue weighted by atomic mass is 10.1. The summed E-state index contributed by atoms with van der Waals surface area (Å²) in [5.74, 6) is 0. The molecule has 10 heteroatoms. The molecule has 1 fully saturated rings. The zero-order valence-electron chi connectivity index (χ0n) is 17.9. The molecule has 2 aromatic rings. The molecule has 1 saturated heterocycles. The number of urea groups is 1. The Labute approximate surface area is 193 Å². The van der Waals surface area contributed by atoms with E-state index in [1.54, 1.807) is 11.0 Å². The average molecular weight is 486 g/mol. The number of rotatable bonds is 6. The molecule has 7 nitrogen and oxygen atoms in total. The maximum atomic E-state index is 12.7. The van der Waals surface area contributed by atoms with Crippen molar-refractivity contribution in [2.45, 2.75) is 43.7 Å². The van der Waals surface area contributed by atoms with Gasteiger partial charge in [-0.15, -0.1) is 11.3 Å². The fourth-order valence-corrected chi connectivity index (χ4v) is 6.17. The Hall–Kier alpha value is -1.65. The number of hydrogen-bond donors (Lipinski definition) is 1. The lowest BCUT2D eigenvalue weighted by Gasteiger charge is -2.33. The Bertz CT molecular complexity index is 1010. The largest absolute Gasteiger partial charge is 0.371 e. The van der Waals surface area contributed by atoms with Crippen molar-refractivity contribution in [1.29, 1.82) is 0 Å². The van der Waals surface area contributed by atoms with Crippen LogP contribution in [0.5, 0.6) is 0 Å². The van der Waals surface area contributed by atoms with Crippen LogP contribution in [0.3, 0.4) is 0 Å². The molecule has 1 aromatic heterocycles. The summed E-state index contributed by atoms with van der Waals surface area (Å²) in [5, 5.41) is 2.92. The molecule has 31 heavy (non-hydrogen) atoms. The van der Waals surface area contributed by atoms with Gasteiger partial charge in [0.05, 0.1) is 16.5 Å². The molecule has 1 aliphatic rings. The standard InChI is InChI=1S/C21H28ClN3O4S2/c1-21(2,3)29-15-17-6-4-5-16(13-17)14-23-20(26)24-9-11-25(12-10-24)31(27,28)19-8-7-18(22)30-19/h4-8,13H,9-12,14-15H2,1-3H3,(H,23,26). The van der Waals surface area contributed by atoms with Gasteiger partial charge in [0.2, 0.25) is 0 Å². The Morgan fingerprint density at radius 3 is 2.42 bits per heavy atom. The second kappa shape index (κ2) is 9.87. The molecule has 1 aromatic carbocycles. The number of thiophene rings is 1. The molecule has 170 valence electrons. The fourth-order valence-electron chi connectivity index (χ4n) is 3.11. The minimum atomic E-state index is -3.57. The van der Waals surface area contributed by atoms with E-state index in [0.717, 1.165) is 22.5 Å². The average Bonchev–Trinajstić information content (AvgIpc) is 3.18. The summed E-state index contributed by atoms with van der Waals surface area (Å²) in [6.07, 6.45) is 0. The molecule has 0 aliphatic carbocycles. The molecular weight excluding hydrogens is 458 g/mol. The molecule has 0 atom stereocenters. The summed E-state index contributed by atoms with van der Waals surface area (Å²) in [7, 11) is -3.57. The van der Waals surface area contributed by atoms with E-state index in [1.807, 2.05) is 45.0 Å². The number of ether oxygens (including phenoxy) is 1. The number of nitrogens with zero attached hydrogens (tertiary/aromatic N) is 2. The third-order valence-electron chi connectivity index (χ3n) is 4.78. The first kappa shape index (κ1) is 24.0. The normalized spacial score (nSPS) is 15.8. The molecule has 1 N–H and O–H groups in total. The number of carbonyl (C=O) groups excluding carboxylic acids is 1. The van der Waals surface area contributed by atoms with Gasteiger partial charge in [-0.1, -0.05) is 35.9 Å². The van der Waals surface area contributed by atoms with E-state index in [0.29, 0.717) is 30.6 Å². The Morgan fingerprint density at radius 1 is 1.13 bits per heavy atom. The van der Waals surface area contributed by atoms with E-state index in [4.69, 9.17) is 16.3 Å². The number of carbonyl (C=O) groups is 1. The van der Waals surface area contributed by atoms with Crippen molar-refractivity contribution < 1.29 is 17.9 Å². The lowest BCUT2D eigenvalue weighted by molar-refractivity contribution is -0.0149. The van der Waals surface area contributed by atoms with Gasteiger partial charge >= 0.3 is 6.03 Å². The van der Waals surface area contributed by atoms with Crippen LogP contribution in [0.2, 0.25) is 4.34 Å². The predicted molar refractivity (Wildman–Crippen MR) is 123 cm³/mol. The molecule has 0 spiro atoms. The minimum absolute atomic E-state index is 0.201. The summed E-state index contributed by atoms with van der Waals surface area (Å²) in [6.45, 7) is 8.13. The van der Waals surface area contributed by atoms with Crippen LogP contribution >= 0.6 is 22.9 Å². The van der Waals surface area contributed by atoms with Crippen molar-refractivity contribution in [3.05, 3.63) is 51.9 Å². The monoisotopic (exact) mass is 485 g/mol. The van der Waals surface area contributed by atoms with Crippen molar-refractivity contribution in [2.75, 3.05) is 26.2 Å². The van der Waals surface area contributed by atoms with Crippen LogP contribution < -0.4 is 5.32 Å². The van der Waals surface area contributed by atoms with Gasteiger partial charge in [0.15, 0.2) is 0 Å². The van der Waals surface area contributed by atoms with Crippen molar-refractivity contribution in [2.24, 2.45) is 0 Å². The topological polar surface area (TPSA) is 79.0 Å². The molecule has 1 aliphatic heterocycles. The van der Waals surface area contributed by atoms with Crippen molar-refractivity contribution in [3.8, 4) is 0 Å². The van der Waals surface area contributed by atoms with Crippen LogP contribution in [-0.2, 0) is 27.9 Å². The number of amides is 2. The molecule has 0 saturated carbocycles. The van der Waals surface area contributed by atoms with Crippen molar-refractivity contribution >= 4 is 39.0 Å². The van der Waals surface area contributed by atoms with Gasteiger partial charge in [0.25, 0.3) is 10.0 Å². The molecule has 0 unspecified atom stereocenters. The second-order valence-corrected chi connectivity index (χ2v) is 12.2. The van der Waals surface area contributed by atoms with Crippen LogP contribution in [0.1, 0.15) is 31.9 Å². The van der Waals surface area contributed by atoms with Gasteiger partial charge in [-0.2, -0.15) is 4.31 Å². The molecule has 2 heterocycles. The first-order valence-corrected chi connectivity index (χ1v) is 12.7. The first-order valence-electron chi connectivity index (χ1n) is 10.0. The molecule has 0 bridgehead atoms. The molecule has 2 amide bonds. The van der Waals surface area contributed by atoms with Gasteiger partial charge in [0.1, 0.15) is 4.21 Å². The third kappa shape index (κ3) is 6.66. The number of halogens is 1. The number of hydrogen-bond acceptors (Lipinski definition) is 5. The van der Waals surface area contributed by atoms with Crippen LogP contribution in [0.25, 0.3) is 0 Å². The highest BCUT2D eigenvalue weighted by Crippen LogP contribution is 2.28. The zero-order valence-corrected chi connectivity index (χ0v) is 20.3. The summed E-state index contributed by atoms with van der Waals surface area (Å²) < 4.78 is 33.2. The number of piperazine rings is 1. The van der Waals surface area contributed by atoms with E-state index >= 15 is 0 Å². The Kier molecular flexibility index (Phi) is 7.64. The second-order valence-electron chi connectivity index (χ2n) is 8.33. The molecule has 3 rings (SSSR count). The van der Waals surface area contributed by atoms with Gasteiger partial charge in [0, 0.05) is 32.7 Å². The Balaban J connectivity index is 1.49. The number of benzene rings is 1. The highest BCUT2D eigenvalue weighted by molar-refractivity contribution is 7.91. The smallest absolute Gasteiger partial charge is 0.317 e. The van der Waals surface area contributed by atoms with Crippen LogP contribution in [0, 0.1) is 0 Å². The van der Waals surface area contributed by atoms with E-state index in [9.17, 15) is 13.2 Å². The van der Waals surface area contributed by atoms with Gasteiger partial charge in [-0.25, -0.2) is 13.2 Å².